The van der Waals surface area contributed by atoms with Gasteiger partial charge in [0.05, 0.1) is 12.2 Å². The molecule has 0 aliphatic heterocycles. The standard InChI is InChI=1S/C27H34O3/c1-25(2)15-16-26(3,4)23-17-20(9-12-22(23)25)27(13-5-6-14-27)18-30-21-10-7-19(8-11-21)24(28)29/h7-12,17H,5-6,13-16,18H2,1-4H3,(H,28,29). The van der Waals surface area contributed by atoms with Crippen molar-refractivity contribution in [1.29, 1.82) is 0 Å². The minimum Gasteiger partial charge on any atom is -0.493 e. The van der Waals surface area contributed by atoms with Crippen molar-refractivity contribution in [2.75, 3.05) is 6.61 Å². The number of carboxylic acids is 1. The van der Waals surface area contributed by atoms with Crippen molar-refractivity contribution in [3.63, 3.8) is 0 Å². The molecule has 0 spiro atoms. The Morgan fingerprint density at radius 2 is 1.47 bits per heavy atom. The first kappa shape index (κ1) is 21.0. The van der Waals surface area contributed by atoms with Gasteiger partial charge in [-0.1, -0.05) is 58.7 Å². The van der Waals surface area contributed by atoms with E-state index in [0.29, 0.717) is 6.61 Å². The van der Waals surface area contributed by atoms with Crippen LogP contribution in [0.15, 0.2) is 42.5 Å². The maximum absolute atomic E-state index is 11.1. The molecule has 3 heteroatoms. The fourth-order valence-corrected chi connectivity index (χ4v) is 5.40. The van der Waals surface area contributed by atoms with Gasteiger partial charge in [-0.15, -0.1) is 0 Å². The summed E-state index contributed by atoms with van der Waals surface area (Å²) in [5, 5.41) is 9.10. The second-order valence-electron chi connectivity index (χ2n) is 10.6. The molecule has 30 heavy (non-hydrogen) atoms. The average molecular weight is 407 g/mol. The third-order valence-corrected chi connectivity index (χ3v) is 7.64. The molecule has 1 fully saturated rings. The van der Waals surface area contributed by atoms with Crippen molar-refractivity contribution in [3.8, 4) is 5.75 Å². The lowest BCUT2D eigenvalue weighted by Gasteiger charge is -2.43. The first-order valence-electron chi connectivity index (χ1n) is 11.2. The van der Waals surface area contributed by atoms with Crippen molar-refractivity contribution >= 4 is 5.97 Å². The highest BCUT2D eigenvalue weighted by Crippen LogP contribution is 2.49. The van der Waals surface area contributed by atoms with Crippen LogP contribution in [0.1, 0.15) is 93.3 Å². The van der Waals surface area contributed by atoms with Crippen molar-refractivity contribution in [2.45, 2.75) is 82.5 Å². The Morgan fingerprint density at radius 1 is 0.867 bits per heavy atom. The first-order valence-corrected chi connectivity index (χ1v) is 11.2. The van der Waals surface area contributed by atoms with E-state index in [1.165, 1.54) is 42.4 Å². The van der Waals surface area contributed by atoms with Crippen molar-refractivity contribution in [3.05, 3.63) is 64.7 Å². The SMILES string of the molecule is CC1(C)CCC(C)(C)c2cc(C3(COc4ccc(C(=O)O)cc4)CCCC3)ccc21. The van der Waals surface area contributed by atoms with Crippen LogP contribution in [0.2, 0.25) is 0 Å². The number of fused-ring (bicyclic) bond motifs is 1. The van der Waals surface area contributed by atoms with Crippen LogP contribution in [0, 0.1) is 0 Å². The molecule has 2 aromatic carbocycles. The number of carboxylic acid groups (broad SMARTS) is 1. The second-order valence-corrected chi connectivity index (χ2v) is 10.6. The largest absolute Gasteiger partial charge is 0.493 e. The molecule has 1 N–H and O–H groups in total. The van der Waals surface area contributed by atoms with E-state index in [0.717, 1.165) is 18.6 Å². The number of rotatable bonds is 5. The van der Waals surface area contributed by atoms with E-state index in [2.05, 4.69) is 45.9 Å². The predicted molar refractivity (Wildman–Crippen MR) is 121 cm³/mol. The normalized spacial score (nSPS) is 21.1. The molecule has 1 saturated carbocycles. The summed E-state index contributed by atoms with van der Waals surface area (Å²) in [6.07, 6.45) is 7.19. The summed E-state index contributed by atoms with van der Waals surface area (Å²) < 4.78 is 6.23. The smallest absolute Gasteiger partial charge is 0.335 e. The molecule has 0 heterocycles. The van der Waals surface area contributed by atoms with Gasteiger partial charge in [-0.25, -0.2) is 4.79 Å². The van der Waals surface area contributed by atoms with Crippen LogP contribution in [0.4, 0.5) is 0 Å². The van der Waals surface area contributed by atoms with Gasteiger partial charge in [-0.3, -0.25) is 0 Å². The van der Waals surface area contributed by atoms with Crippen molar-refractivity contribution in [2.24, 2.45) is 0 Å². The summed E-state index contributed by atoms with van der Waals surface area (Å²) >= 11 is 0. The minimum absolute atomic E-state index is 0.0399. The van der Waals surface area contributed by atoms with Crippen LogP contribution in [-0.4, -0.2) is 17.7 Å². The zero-order chi connectivity index (χ0) is 21.6. The third kappa shape index (κ3) is 3.75. The van der Waals surface area contributed by atoms with Crippen molar-refractivity contribution < 1.29 is 14.6 Å². The summed E-state index contributed by atoms with van der Waals surface area (Å²) in [5.74, 6) is -0.167. The molecule has 0 aromatic heterocycles. The molecule has 2 aromatic rings. The first-order chi connectivity index (χ1) is 14.1. The maximum Gasteiger partial charge on any atom is 0.335 e. The monoisotopic (exact) mass is 406 g/mol. The Kier molecular flexibility index (Phi) is 5.20. The van der Waals surface area contributed by atoms with Gasteiger partial charge in [0.25, 0.3) is 0 Å². The van der Waals surface area contributed by atoms with E-state index in [1.807, 2.05) is 0 Å². The fraction of sp³-hybridized carbons (Fsp3) is 0.519. The van der Waals surface area contributed by atoms with Crippen LogP contribution in [0.3, 0.4) is 0 Å². The Bertz CT molecular complexity index is 931. The van der Waals surface area contributed by atoms with Gasteiger partial charge >= 0.3 is 5.97 Å². The van der Waals surface area contributed by atoms with Gasteiger partial charge in [0.1, 0.15) is 5.75 Å². The molecular weight excluding hydrogens is 372 g/mol. The van der Waals surface area contributed by atoms with Crippen molar-refractivity contribution in [1.82, 2.24) is 0 Å². The lowest BCUT2D eigenvalue weighted by atomic mass is 9.62. The molecule has 0 amide bonds. The predicted octanol–water partition coefficient (Wildman–Crippen LogP) is 6.62. The van der Waals surface area contributed by atoms with Crippen LogP contribution in [0.5, 0.6) is 5.75 Å². The second kappa shape index (κ2) is 7.44. The molecule has 3 nitrogen and oxygen atoms in total. The average Bonchev–Trinajstić information content (AvgIpc) is 3.20. The van der Waals surface area contributed by atoms with E-state index >= 15 is 0 Å². The number of benzene rings is 2. The molecule has 2 aliphatic carbocycles. The summed E-state index contributed by atoms with van der Waals surface area (Å²) in [5.41, 5.74) is 5.18. The molecule has 0 unspecified atom stereocenters. The Labute approximate surface area is 180 Å². The van der Waals surface area contributed by atoms with Crippen LogP contribution >= 0.6 is 0 Å². The van der Waals surface area contributed by atoms with Gasteiger partial charge in [0.15, 0.2) is 0 Å². The number of carbonyl (C=O) groups is 1. The molecule has 160 valence electrons. The number of hydrogen-bond donors (Lipinski definition) is 1. The van der Waals surface area contributed by atoms with E-state index < -0.39 is 5.97 Å². The van der Waals surface area contributed by atoms with Crippen LogP contribution in [0.25, 0.3) is 0 Å². The van der Waals surface area contributed by atoms with E-state index in [-0.39, 0.29) is 21.8 Å². The number of hydrogen-bond acceptors (Lipinski definition) is 2. The van der Waals surface area contributed by atoms with Gasteiger partial charge in [-0.05, 0) is 77.5 Å². The molecule has 0 bridgehead atoms. The summed E-state index contributed by atoms with van der Waals surface area (Å²) in [6.45, 7) is 10.1. The topological polar surface area (TPSA) is 46.5 Å². The molecular formula is C27H34O3. The third-order valence-electron chi connectivity index (χ3n) is 7.64. The summed E-state index contributed by atoms with van der Waals surface area (Å²) in [6, 6.07) is 14.0. The fourth-order valence-electron chi connectivity index (χ4n) is 5.40. The minimum atomic E-state index is -0.909. The summed E-state index contributed by atoms with van der Waals surface area (Å²) in [4.78, 5) is 11.1. The van der Waals surface area contributed by atoms with Gasteiger partial charge in [-0.2, -0.15) is 0 Å². The van der Waals surface area contributed by atoms with Gasteiger partial charge in [0.2, 0.25) is 0 Å². The Balaban J connectivity index is 1.63. The van der Waals surface area contributed by atoms with Crippen LogP contribution < -0.4 is 4.74 Å². The molecule has 2 aliphatic rings. The molecule has 0 saturated heterocycles. The maximum atomic E-state index is 11.1. The Morgan fingerprint density at radius 3 is 2.07 bits per heavy atom. The molecule has 0 atom stereocenters. The molecule has 0 radical (unpaired) electrons. The zero-order valence-electron chi connectivity index (χ0n) is 18.8. The highest BCUT2D eigenvalue weighted by atomic mass is 16.5. The summed E-state index contributed by atoms with van der Waals surface area (Å²) in [7, 11) is 0. The Hall–Kier alpha value is -2.29. The lowest BCUT2D eigenvalue weighted by molar-refractivity contribution is 0.0697. The quantitative estimate of drug-likeness (QED) is 0.606. The molecule has 4 rings (SSSR count). The zero-order valence-corrected chi connectivity index (χ0v) is 18.8. The lowest BCUT2D eigenvalue weighted by Crippen LogP contribution is -2.36. The van der Waals surface area contributed by atoms with E-state index in [9.17, 15) is 4.79 Å². The number of aromatic carboxylic acids is 1. The van der Waals surface area contributed by atoms with E-state index in [1.54, 1.807) is 24.3 Å². The highest BCUT2D eigenvalue weighted by molar-refractivity contribution is 5.87. The van der Waals surface area contributed by atoms with Gasteiger partial charge in [0, 0.05) is 5.41 Å². The van der Waals surface area contributed by atoms with E-state index in [4.69, 9.17) is 9.84 Å². The van der Waals surface area contributed by atoms with Crippen LogP contribution in [-0.2, 0) is 16.2 Å². The van der Waals surface area contributed by atoms with Gasteiger partial charge < -0.3 is 9.84 Å². The number of ether oxygens (including phenoxy) is 1. The highest BCUT2D eigenvalue weighted by Gasteiger charge is 2.41.